The maximum absolute atomic E-state index is 4.50. The van der Waals surface area contributed by atoms with E-state index in [1.165, 1.54) is 43.5 Å². The summed E-state index contributed by atoms with van der Waals surface area (Å²) in [4.78, 5) is 4.50. The molecule has 0 spiro atoms. The molecular weight excluding hydrogens is 228 g/mol. The topological polar surface area (TPSA) is 24.9 Å². The van der Waals surface area contributed by atoms with Gasteiger partial charge in [-0.25, -0.2) is 4.98 Å². The van der Waals surface area contributed by atoms with Gasteiger partial charge in [0.05, 0.1) is 0 Å². The van der Waals surface area contributed by atoms with Gasteiger partial charge in [-0.3, -0.25) is 0 Å². The van der Waals surface area contributed by atoms with Gasteiger partial charge < -0.3 is 5.32 Å². The van der Waals surface area contributed by atoms with Crippen LogP contribution in [0.3, 0.4) is 0 Å². The van der Waals surface area contributed by atoms with Crippen molar-refractivity contribution in [3.05, 3.63) is 16.1 Å². The monoisotopic (exact) mass is 252 g/mol. The van der Waals surface area contributed by atoms with Crippen molar-refractivity contribution in [2.75, 3.05) is 0 Å². The maximum atomic E-state index is 4.50. The standard InChI is InChI=1S/C14H24N2S/c1-3-4-12-5-7-13(8-6-12)15-9-14-16-11(2)10-17-14/h10,12-13,15H,3-9H2,1-2H3. The van der Waals surface area contributed by atoms with Crippen LogP contribution in [-0.2, 0) is 6.54 Å². The van der Waals surface area contributed by atoms with Crippen LogP contribution in [0.2, 0.25) is 0 Å². The van der Waals surface area contributed by atoms with Crippen LogP contribution < -0.4 is 5.32 Å². The minimum atomic E-state index is 0.729. The fourth-order valence-electron chi connectivity index (χ4n) is 2.78. The van der Waals surface area contributed by atoms with Crippen molar-refractivity contribution < 1.29 is 0 Å². The molecular formula is C14H24N2S. The molecule has 1 saturated carbocycles. The average molecular weight is 252 g/mol. The molecule has 0 bridgehead atoms. The summed E-state index contributed by atoms with van der Waals surface area (Å²) in [5.74, 6) is 1.00. The van der Waals surface area contributed by atoms with Gasteiger partial charge in [-0.2, -0.15) is 0 Å². The second kappa shape index (κ2) is 6.50. The zero-order chi connectivity index (χ0) is 12.1. The number of hydrogen-bond donors (Lipinski definition) is 1. The molecule has 0 aromatic carbocycles. The third-order valence-electron chi connectivity index (χ3n) is 3.75. The SMILES string of the molecule is CCCC1CCC(NCc2nc(C)cs2)CC1. The highest BCUT2D eigenvalue weighted by Crippen LogP contribution is 2.27. The van der Waals surface area contributed by atoms with Gasteiger partial charge in [-0.05, 0) is 38.5 Å². The number of nitrogens with zero attached hydrogens (tertiary/aromatic N) is 1. The van der Waals surface area contributed by atoms with Crippen molar-refractivity contribution in [3.63, 3.8) is 0 Å². The van der Waals surface area contributed by atoms with E-state index < -0.39 is 0 Å². The summed E-state index contributed by atoms with van der Waals surface area (Å²) in [6.07, 6.45) is 8.33. The molecule has 3 heteroatoms. The second-order valence-corrected chi connectivity index (χ2v) is 6.21. The van der Waals surface area contributed by atoms with E-state index >= 15 is 0 Å². The zero-order valence-corrected chi connectivity index (χ0v) is 11.9. The lowest BCUT2D eigenvalue weighted by atomic mass is 9.83. The number of nitrogens with one attached hydrogen (secondary N) is 1. The predicted molar refractivity (Wildman–Crippen MR) is 74.3 cm³/mol. The quantitative estimate of drug-likeness (QED) is 0.859. The van der Waals surface area contributed by atoms with Gasteiger partial charge >= 0.3 is 0 Å². The first-order chi connectivity index (χ1) is 8.28. The number of hydrogen-bond acceptors (Lipinski definition) is 3. The van der Waals surface area contributed by atoms with Crippen molar-refractivity contribution in [3.8, 4) is 0 Å². The molecule has 17 heavy (non-hydrogen) atoms. The molecule has 1 N–H and O–H groups in total. The third kappa shape index (κ3) is 4.07. The fourth-order valence-corrected chi connectivity index (χ4v) is 3.50. The van der Waals surface area contributed by atoms with Crippen molar-refractivity contribution >= 4 is 11.3 Å². The van der Waals surface area contributed by atoms with Gasteiger partial charge in [0.2, 0.25) is 0 Å². The molecule has 1 heterocycles. The summed E-state index contributed by atoms with van der Waals surface area (Å²) in [5, 5.41) is 7.03. The molecule has 0 aliphatic heterocycles. The van der Waals surface area contributed by atoms with E-state index in [0.717, 1.165) is 24.2 Å². The second-order valence-electron chi connectivity index (χ2n) is 5.27. The van der Waals surface area contributed by atoms with Gasteiger partial charge in [-0.1, -0.05) is 19.8 Å². The Balaban J connectivity index is 1.68. The minimum absolute atomic E-state index is 0.729. The smallest absolute Gasteiger partial charge is 0.107 e. The fraction of sp³-hybridized carbons (Fsp3) is 0.786. The summed E-state index contributed by atoms with van der Waals surface area (Å²) in [6.45, 7) is 5.33. The molecule has 2 rings (SSSR count). The van der Waals surface area contributed by atoms with Crippen molar-refractivity contribution in [1.29, 1.82) is 0 Å². The molecule has 0 amide bonds. The van der Waals surface area contributed by atoms with Crippen molar-refractivity contribution in [2.24, 2.45) is 5.92 Å². The molecule has 0 saturated heterocycles. The molecule has 0 radical (unpaired) electrons. The van der Waals surface area contributed by atoms with Gasteiger partial charge in [0.1, 0.15) is 5.01 Å². The van der Waals surface area contributed by atoms with Gasteiger partial charge in [0, 0.05) is 23.7 Å². The number of aryl methyl sites for hydroxylation is 1. The summed E-state index contributed by atoms with van der Waals surface area (Å²) in [5.41, 5.74) is 1.15. The van der Waals surface area contributed by atoms with Gasteiger partial charge in [0.25, 0.3) is 0 Å². The van der Waals surface area contributed by atoms with Gasteiger partial charge in [-0.15, -0.1) is 11.3 Å². The van der Waals surface area contributed by atoms with Crippen LogP contribution in [0.15, 0.2) is 5.38 Å². The third-order valence-corrected chi connectivity index (χ3v) is 4.72. The Morgan fingerprint density at radius 3 is 2.71 bits per heavy atom. The van der Waals surface area contributed by atoms with E-state index in [1.54, 1.807) is 11.3 Å². The predicted octanol–water partition coefficient (Wildman–Crippen LogP) is 3.90. The van der Waals surface area contributed by atoms with Gasteiger partial charge in [0.15, 0.2) is 0 Å². The molecule has 0 unspecified atom stereocenters. The minimum Gasteiger partial charge on any atom is -0.308 e. The largest absolute Gasteiger partial charge is 0.308 e. The Kier molecular flexibility index (Phi) is 4.99. The lowest BCUT2D eigenvalue weighted by Crippen LogP contribution is -2.32. The van der Waals surface area contributed by atoms with Crippen LogP contribution in [0.5, 0.6) is 0 Å². The van der Waals surface area contributed by atoms with Crippen LogP contribution >= 0.6 is 11.3 Å². The number of aromatic nitrogens is 1. The molecule has 0 atom stereocenters. The molecule has 1 aromatic rings. The molecule has 1 aromatic heterocycles. The number of thiazole rings is 1. The van der Waals surface area contributed by atoms with E-state index in [9.17, 15) is 0 Å². The van der Waals surface area contributed by atoms with Crippen LogP contribution in [0.25, 0.3) is 0 Å². The first-order valence-corrected chi connectivity index (χ1v) is 7.80. The molecule has 2 nitrogen and oxygen atoms in total. The van der Waals surface area contributed by atoms with Crippen LogP contribution in [0.4, 0.5) is 0 Å². The Bertz CT molecular complexity index is 327. The first-order valence-electron chi connectivity index (χ1n) is 6.92. The normalized spacial score (nSPS) is 25.1. The average Bonchev–Trinajstić information content (AvgIpc) is 2.75. The lowest BCUT2D eigenvalue weighted by Gasteiger charge is -2.28. The summed E-state index contributed by atoms with van der Waals surface area (Å²) >= 11 is 1.77. The van der Waals surface area contributed by atoms with Crippen molar-refractivity contribution in [1.82, 2.24) is 10.3 Å². The van der Waals surface area contributed by atoms with E-state index in [1.807, 2.05) is 0 Å². The molecule has 1 aliphatic rings. The Morgan fingerprint density at radius 2 is 2.12 bits per heavy atom. The zero-order valence-electron chi connectivity index (χ0n) is 11.0. The van der Waals surface area contributed by atoms with Crippen molar-refractivity contribution in [2.45, 2.75) is 65.0 Å². The molecule has 1 aliphatic carbocycles. The molecule has 96 valence electrons. The lowest BCUT2D eigenvalue weighted by molar-refractivity contribution is 0.277. The van der Waals surface area contributed by atoms with E-state index in [4.69, 9.17) is 0 Å². The van der Waals surface area contributed by atoms with Crippen LogP contribution in [0.1, 0.15) is 56.2 Å². The highest BCUT2D eigenvalue weighted by Gasteiger charge is 2.20. The summed E-state index contributed by atoms with van der Waals surface area (Å²) in [7, 11) is 0. The number of rotatable bonds is 5. The van der Waals surface area contributed by atoms with E-state index in [0.29, 0.717) is 0 Å². The Morgan fingerprint density at radius 1 is 1.35 bits per heavy atom. The summed E-state index contributed by atoms with van der Waals surface area (Å²) < 4.78 is 0. The van der Waals surface area contributed by atoms with Crippen LogP contribution in [0, 0.1) is 12.8 Å². The first kappa shape index (κ1) is 13.0. The highest BCUT2D eigenvalue weighted by molar-refractivity contribution is 7.09. The maximum Gasteiger partial charge on any atom is 0.107 e. The highest BCUT2D eigenvalue weighted by atomic mass is 32.1. The molecule has 1 fully saturated rings. The Hall–Kier alpha value is -0.410. The Labute approximate surface area is 109 Å². The van der Waals surface area contributed by atoms with Crippen LogP contribution in [-0.4, -0.2) is 11.0 Å². The summed E-state index contributed by atoms with van der Waals surface area (Å²) in [6, 6.07) is 0.729. The van der Waals surface area contributed by atoms with E-state index in [2.05, 4.69) is 29.5 Å². The van der Waals surface area contributed by atoms with E-state index in [-0.39, 0.29) is 0 Å².